The van der Waals surface area contributed by atoms with Crippen LogP contribution in [0.25, 0.3) is 0 Å². The number of benzene rings is 4. The maximum atomic E-state index is 16.8. The van der Waals surface area contributed by atoms with Gasteiger partial charge < -0.3 is 39.5 Å². The van der Waals surface area contributed by atoms with Crippen LogP contribution in [0.3, 0.4) is 0 Å². The van der Waals surface area contributed by atoms with E-state index in [0.29, 0.717) is 41.5 Å². The number of urea groups is 1. The molecule has 1 spiro atoms. The van der Waals surface area contributed by atoms with Crippen molar-refractivity contribution in [3.8, 4) is 17.6 Å². The quantitative estimate of drug-likeness (QED) is 0.116. The van der Waals surface area contributed by atoms with Crippen molar-refractivity contribution in [2.24, 2.45) is 11.8 Å². The number of aliphatic hydroxyl groups excluding tert-OH is 2. The van der Waals surface area contributed by atoms with Crippen molar-refractivity contribution in [1.29, 1.82) is 0 Å². The van der Waals surface area contributed by atoms with Gasteiger partial charge in [-0.3, -0.25) is 19.3 Å². The fourth-order valence-corrected chi connectivity index (χ4v) is 10.7. The Balaban J connectivity index is 1.34. The van der Waals surface area contributed by atoms with E-state index in [1.165, 1.54) is 7.11 Å². The molecule has 7 unspecified atom stereocenters. The fraction of sp³-hybridized carbons (Fsp3) is 0.352. The summed E-state index contributed by atoms with van der Waals surface area (Å²) < 4.78 is 17.7. The van der Waals surface area contributed by atoms with E-state index in [2.05, 4.69) is 27.1 Å². The van der Waals surface area contributed by atoms with Crippen LogP contribution >= 0.6 is 0 Å². The Labute approximate surface area is 411 Å². The number of hydrogen-bond acceptors (Lipinski definition) is 14. The van der Waals surface area contributed by atoms with Crippen LogP contribution in [0.5, 0.6) is 5.75 Å². The number of fused-ring (bicyclic) bond motifs is 3. The number of rotatable bonds is 12. The second-order valence-corrected chi connectivity index (χ2v) is 18.1. The number of carbonyl (C=O) groups excluding carboxylic acids is 5. The van der Waals surface area contributed by atoms with Crippen LogP contribution in [0, 0.1) is 23.7 Å². The van der Waals surface area contributed by atoms with E-state index in [1.54, 1.807) is 79.7 Å². The lowest BCUT2D eigenvalue weighted by Gasteiger charge is -2.46. The van der Waals surface area contributed by atoms with Crippen molar-refractivity contribution in [3.05, 3.63) is 149 Å². The number of nitrogens with zero attached hydrogens (tertiary/aromatic N) is 6. The topological polar surface area (TPSA) is 204 Å². The highest BCUT2D eigenvalue weighted by Gasteiger charge is 2.76. The molecule has 4 aliphatic rings. The average molecular weight is 962 g/mol. The highest BCUT2D eigenvalue weighted by molar-refractivity contribution is 6.25. The number of aromatic nitrogens is 2. The Morgan fingerprint density at radius 2 is 1.52 bits per heavy atom. The predicted octanol–water partition coefficient (Wildman–Crippen LogP) is 4.50. The monoisotopic (exact) mass is 961 g/mol. The largest absolute Gasteiger partial charge is 0.491 e. The van der Waals surface area contributed by atoms with E-state index in [9.17, 15) is 15.0 Å². The number of carbonyl (C=O) groups is 5. The molecule has 7 atom stereocenters. The number of hydrogen-bond donors (Lipinski definition) is 3. The second-order valence-electron chi connectivity index (χ2n) is 18.1. The lowest BCUT2D eigenvalue weighted by atomic mass is 9.64. The Kier molecular flexibility index (Phi) is 14.1. The average Bonchev–Trinajstić information content (AvgIpc) is 3.86. The molecule has 3 N–H and O–H groups in total. The molecule has 17 nitrogen and oxygen atoms in total. The van der Waals surface area contributed by atoms with Gasteiger partial charge in [0.05, 0.1) is 44.0 Å². The Morgan fingerprint density at radius 3 is 2.18 bits per heavy atom. The molecule has 4 amide bonds. The van der Waals surface area contributed by atoms with Crippen molar-refractivity contribution in [1.82, 2.24) is 25.1 Å². The predicted molar refractivity (Wildman–Crippen MR) is 260 cm³/mol. The molecule has 17 heteroatoms. The number of cyclic esters (lactones) is 1. The fourth-order valence-electron chi connectivity index (χ4n) is 10.7. The summed E-state index contributed by atoms with van der Waals surface area (Å²) in [5, 5.41) is 22.3. The van der Waals surface area contributed by atoms with Crippen LogP contribution in [0.4, 0.5) is 16.4 Å². The molecule has 0 bridgehead atoms. The Hall–Kier alpha value is -7.65. The van der Waals surface area contributed by atoms with Gasteiger partial charge in [0.25, 0.3) is 0 Å². The summed E-state index contributed by atoms with van der Waals surface area (Å²) in [5.74, 6) is 2.02. The number of imide groups is 1. The summed E-state index contributed by atoms with van der Waals surface area (Å²) >= 11 is 0. The Bertz CT molecular complexity index is 2840. The zero-order valence-electron chi connectivity index (χ0n) is 39.6. The van der Waals surface area contributed by atoms with Crippen molar-refractivity contribution >= 4 is 41.4 Å². The molecule has 9 rings (SSSR count). The van der Waals surface area contributed by atoms with Gasteiger partial charge in [-0.15, -0.1) is 0 Å². The van der Waals surface area contributed by atoms with Gasteiger partial charge in [-0.25, -0.2) is 24.5 Å². The molecule has 0 saturated carbocycles. The van der Waals surface area contributed by atoms with Crippen LogP contribution in [0.1, 0.15) is 66.3 Å². The third-order valence-corrected chi connectivity index (χ3v) is 13.8. The highest BCUT2D eigenvalue weighted by Crippen LogP contribution is 2.66. The van der Waals surface area contributed by atoms with Gasteiger partial charge in [-0.1, -0.05) is 98.5 Å². The number of methoxy groups -OCH3 is 1. The zero-order chi connectivity index (χ0) is 49.8. The van der Waals surface area contributed by atoms with Gasteiger partial charge in [0.15, 0.2) is 0 Å². The van der Waals surface area contributed by atoms with Crippen molar-refractivity contribution in [2.45, 2.75) is 56.0 Å². The summed E-state index contributed by atoms with van der Waals surface area (Å²) in [6, 6.07) is 26.7. The van der Waals surface area contributed by atoms with Crippen LogP contribution in [-0.2, 0) is 34.1 Å². The van der Waals surface area contributed by atoms with Gasteiger partial charge in [0.2, 0.25) is 17.8 Å². The summed E-state index contributed by atoms with van der Waals surface area (Å²) in [4.78, 5) is 92.4. The molecule has 5 heterocycles. The van der Waals surface area contributed by atoms with Gasteiger partial charge in [-0.05, 0) is 64.6 Å². The van der Waals surface area contributed by atoms with Gasteiger partial charge in [0.1, 0.15) is 36.0 Å². The van der Waals surface area contributed by atoms with E-state index in [1.807, 2.05) is 70.5 Å². The lowest BCUT2D eigenvalue weighted by molar-refractivity contribution is -0.179. The van der Waals surface area contributed by atoms with Gasteiger partial charge in [0, 0.05) is 50.6 Å². The molecule has 1 aromatic heterocycles. The maximum Gasteiger partial charge on any atom is 0.329 e. The Morgan fingerprint density at radius 1 is 0.831 bits per heavy atom. The van der Waals surface area contributed by atoms with E-state index in [0.717, 1.165) is 10.5 Å². The first-order chi connectivity index (χ1) is 34.5. The zero-order valence-corrected chi connectivity index (χ0v) is 39.6. The lowest BCUT2D eigenvalue weighted by Crippen LogP contribution is -2.60. The number of aliphatic hydroxyl groups is 2. The van der Waals surface area contributed by atoms with Gasteiger partial charge in [-0.2, -0.15) is 0 Å². The second kappa shape index (κ2) is 20.7. The molecule has 3 saturated heterocycles. The first kappa shape index (κ1) is 48.4. The minimum atomic E-state index is -2.12. The summed E-state index contributed by atoms with van der Waals surface area (Å²) in [6.07, 6.45) is 2.47. The molecule has 4 aliphatic heterocycles. The minimum absolute atomic E-state index is 0.0510. The maximum absolute atomic E-state index is 16.8. The minimum Gasteiger partial charge on any atom is -0.491 e. The van der Waals surface area contributed by atoms with Gasteiger partial charge >= 0.3 is 18.0 Å². The van der Waals surface area contributed by atoms with Crippen molar-refractivity contribution < 1.29 is 48.4 Å². The number of piperazine rings is 1. The smallest absolute Gasteiger partial charge is 0.329 e. The SMILES string of the molecule is COC(=O)C(NC(=O)N1C(=O)C2(c3cc(C#CCCO)ccc31)C(C(=O)N1CCN(c3ncccn3)CC1)C1C(=O)OC(c3ccccc3)C(c3ccccc3)N1C2c1cccc(OCCO)c1)C(C)C. The van der Waals surface area contributed by atoms with Crippen LogP contribution in [-0.4, -0.2) is 125 Å². The number of morpholine rings is 1. The number of ether oxygens (including phenoxy) is 3. The number of amides is 4. The number of esters is 2. The first-order valence-corrected chi connectivity index (χ1v) is 23.7. The summed E-state index contributed by atoms with van der Waals surface area (Å²) in [6.45, 7) is 3.92. The normalized spacial score (nSPS) is 23.1. The molecule has 3 fully saturated rings. The van der Waals surface area contributed by atoms with Crippen LogP contribution in [0.2, 0.25) is 0 Å². The van der Waals surface area contributed by atoms with E-state index in [-0.39, 0.29) is 50.6 Å². The molecule has 0 radical (unpaired) electrons. The molecule has 4 aromatic carbocycles. The number of anilines is 2. The standard InChI is InChI=1S/C54H55N7O10/c1-34(2)43(49(65)69-3)57-53(68)60-41-22-21-35(14-10-11-29-62)32-40(41)54(51(60)67)42(48(64)58-25-27-59(28-26-58)52-55-23-13-24-56-52)45-50(66)71-46(37-17-8-5-9-18-37)44(36-15-6-4-7-16-36)61(45)47(54)38-19-12-20-39(33-38)70-31-30-63/h4-9,12-13,15-24,32-34,42-47,62-63H,11,25-31H2,1-3H3,(H,57,68). The molecular weight excluding hydrogens is 907 g/mol. The molecule has 71 heavy (non-hydrogen) atoms. The molecule has 0 aliphatic carbocycles. The summed E-state index contributed by atoms with van der Waals surface area (Å²) in [5.41, 5.74) is 0.488. The van der Waals surface area contributed by atoms with E-state index < -0.39 is 77.3 Å². The number of nitrogens with one attached hydrogen (secondary N) is 1. The van der Waals surface area contributed by atoms with Crippen LogP contribution in [0.15, 0.2) is 122 Å². The summed E-state index contributed by atoms with van der Waals surface area (Å²) in [7, 11) is 1.21. The highest BCUT2D eigenvalue weighted by atomic mass is 16.6. The van der Waals surface area contributed by atoms with Crippen LogP contribution < -0.4 is 19.9 Å². The molecule has 366 valence electrons. The molecule has 5 aromatic rings. The van der Waals surface area contributed by atoms with E-state index in [4.69, 9.17) is 14.2 Å². The van der Waals surface area contributed by atoms with Crippen molar-refractivity contribution in [3.63, 3.8) is 0 Å². The first-order valence-electron chi connectivity index (χ1n) is 23.7. The third-order valence-electron chi connectivity index (χ3n) is 13.8. The van der Waals surface area contributed by atoms with E-state index >= 15 is 19.2 Å². The third kappa shape index (κ3) is 8.83. The molecular formula is C54H55N7O10. The van der Waals surface area contributed by atoms with Crippen molar-refractivity contribution in [2.75, 3.05) is 62.9 Å².